The van der Waals surface area contributed by atoms with Gasteiger partial charge in [0, 0.05) is 7.05 Å². The molecule has 0 radical (unpaired) electrons. The van der Waals surface area contributed by atoms with Crippen LogP contribution in [-0.4, -0.2) is 37.8 Å². The Morgan fingerprint density at radius 2 is 2.00 bits per heavy atom. The Bertz CT molecular complexity index is 116. The van der Waals surface area contributed by atoms with Gasteiger partial charge in [0.1, 0.15) is 6.54 Å². The molecule has 0 amide bonds. The smallest absolute Gasteiger partial charge is 0.322 e. The third kappa shape index (κ3) is 5.82. The zero-order chi connectivity index (χ0) is 8.69. The summed E-state index contributed by atoms with van der Waals surface area (Å²) in [6.07, 6.45) is 0. The summed E-state index contributed by atoms with van der Waals surface area (Å²) in [7, 11) is 1.69. The summed E-state index contributed by atoms with van der Waals surface area (Å²) in [5, 5.41) is 1.46. The summed E-state index contributed by atoms with van der Waals surface area (Å²) < 4.78 is 4.70. The van der Waals surface area contributed by atoms with Crippen LogP contribution < -0.4 is 0 Å². The van der Waals surface area contributed by atoms with Gasteiger partial charge >= 0.3 is 5.97 Å². The minimum atomic E-state index is -0.261. The molecule has 11 heavy (non-hydrogen) atoms. The molecule has 66 valence electrons. The number of carbonyl (C=O) groups is 1. The number of ether oxygens (including phenoxy) is 1. The minimum absolute atomic E-state index is 0.182. The van der Waals surface area contributed by atoms with Crippen molar-refractivity contribution in [1.82, 2.24) is 5.06 Å². The maximum Gasteiger partial charge on any atom is 0.322 e. The predicted molar refractivity (Wildman–Crippen MR) is 40.9 cm³/mol. The second kappa shape index (κ2) is 6.12. The maximum atomic E-state index is 10.8. The number of esters is 1. The van der Waals surface area contributed by atoms with E-state index in [2.05, 4.69) is 0 Å². The van der Waals surface area contributed by atoms with Crippen LogP contribution in [0.25, 0.3) is 0 Å². The first-order valence-corrected chi connectivity index (χ1v) is 3.70. The molecule has 0 aliphatic heterocycles. The summed E-state index contributed by atoms with van der Waals surface area (Å²) >= 11 is 0. The molecule has 0 fully saturated rings. The molecule has 0 aliphatic rings. The lowest BCUT2D eigenvalue weighted by atomic mass is 10.6. The first kappa shape index (κ1) is 10.4. The van der Waals surface area contributed by atoms with E-state index in [1.807, 2.05) is 6.92 Å². The highest BCUT2D eigenvalue weighted by Gasteiger charge is 2.05. The highest BCUT2D eigenvalue weighted by Crippen LogP contribution is 1.86. The largest absolute Gasteiger partial charge is 0.465 e. The Kier molecular flexibility index (Phi) is 5.78. The number of nitrogens with zero attached hydrogens (tertiary/aromatic N) is 1. The van der Waals surface area contributed by atoms with Gasteiger partial charge in [-0.05, 0) is 13.8 Å². The van der Waals surface area contributed by atoms with Gasteiger partial charge < -0.3 is 4.74 Å². The third-order valence-corrected chi connectivity index (χ3v) is 1.01. The average Bonchev–Trinajstić information content (AvgIpc) is 1.87. The van der Waals surface area contributed by atoms with Gasteiger partial charge in [-0.25, -0.2) is 0 Å². The fraction of sp³-hybridized carbons (Fsp3) is 0.857. The van der Waals surface area contributed by atoms with Gasteiger partial charge in [0.2, 0.25) is 0 Å². The molecule has 0 unspecified atom stereocenters. The molecule has 0 saturated heterocycles. The normalized spacial score (nSPS) is 10.2. The number of hydroxylamine groups is 2. The zero-order valence-corrected chi connectivity index (χ0v) is 7.29. The fourth-order valence-corrected chi connectivity index (χ4v) is 0.654. The average molecular weight is 161 g/mol. The van der Waals surface area contributed by atoms with E-state index in [4.69, 9.17) is 9.57 Å². The third-order valence-electron chi connectivity index (χ3n) is 1.01. The number of carbonyl (C=O) groups excluding carboxylic acids is 1. The van der Waals surface area contributed by atoms with E-state index >= 15 is 0 Å². The van der Waals surface area contributed by atoms with Crippen LogP contribution >= 0.6 is 0 Å². The van der Waals surface area contributed by atoms with Gasteiger partial charge in [0.15, 0.2) is 0 Å². The lowest BCUT2D eigenvalue weighted by Gasteiger charge is -2.13. The van der Waals surface area contributed by atoms with E-state index < -0.39 is 0 Å². The molecule has 0 atom stereocenters. The van der Waals surface area contributed by atoms with Gasteiger partial charge in [-0.3, -0.25) is 9.63 Å². The summed E-state index contributed by atoms with van der Waals surface area (Å²) in [4.78, 5) is 15.8. The van der Waals surface area contributed by atoms with E-state index in [-0.39, 0.29) is 12.5 Å². The van der Waals surface area contributed by atoms with E-state index in [1.54, 1.807) is 14.0 Å². The van der Waals surface area contributed by atoms with Crippen molar-refractivity contribution in [3.8, 4) is 0 Å². The zero-order valence-electron chi connectivity index (χ0n) is 7.29. The Morgan fingerprint density at radius 3 is 2.45 bits per heavy atom. The molecule has 0 spiro atoms. The van der Waals surface area contributed by atoms with E-state index in [9.17, 15) is 4.79 Å². The molecule has 0 bridgehead atoms. The van der Waals surface area contributed by atoms with E-state index in [1.165, 1.54) is 5.06 Å². The number of hydrogen-bond donors (Lipinski definition) is 0. The van der Waals surface area contributed by atoms with Crippen molar-refractivity contribution in [2.24, 2.45) is 0 Å². The fourth-order valence-electron chi connectivity index (χ4n) is 0.654. The second-order valence-electron chi connectivity index (χ2n) is 2.01. The second-order valence-corrected chi connectivity index (χ2v) is 2.01. The number of rotatable bonds is 5. The molecule has 0 aromatic carbocycles. The molecule has 4 heteroatoms. The van der Waals surface area contributed by atoms with Gasteiger partial charge in [-0.2, -0.15) is 5.06 Å². The molecule has 0 heterocycles. The predicted octanol–water partition coefficient (Wildman–Crippen LogP) is 0.433. The van der Waals surface area contributed by atoms with Crippen LogP contribution in [0.1, 0.15) is 13.8 Å². The lowest BCUT2D eigenvalue weighted by Crippen LogP contribution is -2.27. The van der Waals surface area contributed by atoms with Gasteiger partial charge in [0.05, 0.1) is 13.2 Å². The van der Waals surface area contributed by atoms with Crippen molar-refractivity contribution in [1.29, 1.82) is 0 Å². The molecule has 0 aromatic heterocycles. The first-order chi connectivity index (χ1) is 5.20. The van der Waals surface area contributed by atoms with Crippen molar-refractivity contribution in [3.63, 3.8) is 0 Å². The molecule has 0 aromatic rings. The van der Waals surface area contributed by atoms with Gasteiger partial charge in [-0.15, -0.1) is 0 Å². The van der Waals surface area contributed by atoms with Gasteiger partial charge in [-0.1, -0.05) is 0 Å². The monoisotopic (exact) mass is 161 g/mol. The van der Waals surface area contributed by atoms with E-state index in [0.717, 1.165) is 0 Å². The summed E-state index contributed by atoms with van der Waals surface area (Å²) in [6, 6.07) is 0. The van der Waals surface area contributed by atoms with Crippen molar-refractivity contribution in [3.05, 3.63) is 0 Å². The van der Waals surface area contributed by atoms with Crippen LogP contribution in [-0.2, 0) is 14.4 Å². The summed E-state index contributed by atoms with van der Waals surface area (Å²) in [6.45, 7) is 4.80. The van der Waals surface area contributed by atoms with E-state index in [0.29, 0.717) is 13.2 Å². The number of hydrogen-bond acceptors (Lipinski definition) is 4. The number of likely N-dealkylation sites (N-methyl/N-ethyl adjacent to an activating group) is 1. The van der Waals surface area contributed by atoms with Crippen molar-refractivity contribution < 1.29 is 14.4 Å². The minimum Gasteiger partial charge on any atom is -0.465 e. The van der Waals surface area contributed by atoms with Crippen LogP contribution in [0.5, 0.6) is 0 Å². The van der Waals surface area contributed by atoms with Crippen LogP contribution in [0.3, 0.4) is 0 Å². The van der Waals surface area contributed by atoms with Crippen LogP contribution in [0.4, 0.5) is 0 Å². The van der Waals surface area contributed by atoms with Crippen LogP contribution in [0, 0.1) is 0 Å². The Hall–Kier alpha value is -0.610. The van der Waals surface area contributed by atoms with Crippen molar-refractivity contribution in [2.75, 3.05) is 26.8 Å². The summed E-state index contributed by atoms with van der Waals surface area (Å²) in [5.74, 6) is -0.261. The summed E-state index contributed by atoms with van der Waals surface area (Å²) in [5.41, 5.74) is 0. The Balaban J connectivity index is 3.40. The van der Waals surface area contributed by atoms with Crippen LogP contribution in [0.2, 0.25) is 0 Å². The molecular weight excluding hydrogens is 146 g/mol. The lowest BCUT2D eigenvalue weighted by molar-refractivity contribution is -0.168. The molecule has 0 N–H and O–H groups in total. The maximum absolute atomic E-state index is 10.8. The molecular formula is C7H15NO3. The van der Waals surface area contributed by atoms with Crippen molar-refractivity contribution >= 4 is 5.97 Å². The Labute approximate surface area is 67.0 Å². The standard InChI is InChI=1S/C7H15NO3/c1-4-10-7(9)6-8(3)11-5-2/h4-6H2,1-3H3. The quantitative estimate of drug-likeness (QED) is 0.433. The van der Waals surface area contributed by atoms with Crippen molar-refractivity contribution in [2.45, 2.75) is 13.8 Å². The Morgan fingerprint density at radius 1 is 1.36 bits per heavy atom. The highest BCUT2D eigenvalue weighted by molar-refractivity contribution is 5.71. The molecule has 0 saturated carbocycles. The molecule has 4 nitrogen and oxygen atoms in total. The SMILES string of the molecule is CCOC(=O)CN(C)OCC. The molecule has 0 aliphatic carbocycles. The molecule has 0 rings (SSSR count). The first-order valence-electron chi connectivity index (χ1n) is 3.70. The highest BCUT2D eigenvalue weighted by atomic mass is 16.7. The topological polar surface area (TPSA) is 38.8 Å². The van der Waals surface area contributed by atoms with Gasteiger partial charge in [0.25, 0.3) is 0 Å². The van der Waals surface area contributed by atoms with Crippen LogP contribution in [0.15, 0.2) is 0 Å².